The molecule has 182 valence electrons. The number of nitrogens with zero attached hydrogens (tertiary/aromatic N) is 4. The molecule has 1 aliphatic rings. The fourth-order valence-electron chi connectivity index (χ4n) is 3.38. The molecule has 11 heteroatoms. The van der Waals surface area contributed by atoms with Gasteiger partial charge in [0.25, 0.3) is 0 Å². The van der Waals surface area contributed by atoms with Gasteiger partial charge in [-0.05, 0) is 39.3 Å². The summed E-state index contributed by atoms with van der Waals surface area (Å²) in [6.07, 6.45) is 3.71. The maximum absolute atomic E-state index is 12.4. The molecule has 10 nitrogen and oxygen atoms in total. The van der Waals surface area contributed by atoms with Crippen LogP contribution in [0.15, 0.2) is 18.5 Å². The Morgan fingerprint density at radius 2 is 2.03 bits per heavy atom. The van der Waals surface area contributed by atoms with E-state index in [0.29, 0.717) is 43.2 Å². The van der Waals surface area contributed by atoms with Gasteiger partial charge < -0.3 is 24.3 Å². The van der Waals surface area contributed by atoms with Crippen LogP contribution in [0.4, 0.5) is 15.4 Å². The summed E-state index contributed by atoms with van der Waals surface area (Å²) < 4.78 is 13.1. The van der Waals surface area contributed by atoms with Gasteiger partial charge in [0.05, 0.1) is 6.20 Å². The quantitative estimate of drug-likeness (QED) is 0.464. The maximum atomic E-state index is 12.4. The zero-order valence-electron chi connectivity index (χ0n) is 20.5. The zero-order valence-corrected chi connectivity index (χ0v) is 21.5. The molecule has 2 N–H and O–H groups in total. The van der Waals surface area contributed by atoms with Gasteiger partial charge in [-0.1, -0.05) is 19.6 Å². The summed E-state index contributed by atoms with van der Waals surface area (Å²) in [6.45, 7) is 14.6. The van der Waals surface area contributed by atoms with Crippen LogP contribution in [-0.2, 0) is 16.2 Å². The summed E-state index contributed by atoms with van der Waals surface area (Å²) in [5.74, 6) is 0.361. The minimum Gasteiger partial charge on any atom is -0.444 e. The first-order valence-corrected chi connectivity index (χ1v) is 15.1. The van der Waals surface area contributed by atoms with E-state index >= 15 is 0 Å². The average molecular weight is 477 g/mol. The summed E-state index contributed by atoms with van der Waals surface area (Å²) in [6, 6.07) is 2.43. The lowest BCUT2D eigenvalue weighted by Gasteiger charge is -2.24. The van der Waals surface area contributed by atoms with E-state index in [-0.39, 0.29) is 18.2 Å². The molecule has 3 amide bonds. The normalized spacial score (nSPS) is 16.8. The third-order valence-electron chi connectivity index (χ3n) is 5.11. The molecule has 0 spiro atoms. The van der Waals surface area contributed by atoms with Crippen molar-refractivity contribution in [1.82, 2.24) is 24.8 Å². The Hall–Kier alpha value is -2.66. The van der Waals surface area contributed by atoms with Crippen LogP contribution in [0.25, 0.3) is 11.2 Å². The maximum Gasteiger partial charge on any atom is 0.410 e. The smallest absolute Gasteiger partial charge is 0.410 e. The topological polar surface area (TPSA) is 111 Å². The van der Waals surface area contributed by atoms with Gasteiger partial charge in [-0.3, -0.25) is 5.32 Å². The Balaban J connectivity index is 1.49. The number of anilines is 1. The molecule has 0 radical (unpaired) electrons. The summed E-state index contributed by atoms with van der Waals surface area (Å²) in [7, 11) is -1.12. The van der Waals surface area contributed by atoms with Crippen LogP contribution in [-0.4, -0.2) is 71.0 Å². The monoisotopic (exact) mass is 476 g/mol. The zero-order chi connectivity index (χ0) is 24.2. The van der Waals surface area contributed by atoms with E-state index in [0.717, 1.165) is 12.7 Å². The molecule has 2 aromatic heterocycles. The molecule has 2 aromatic rings. The van der Waals surface area contributed by atoms with Crippen molar-refractivity contribution in [3.8, 4) is 0 Å². The van der Waals surface area contributed by atoms with Crippen LogP contribution < -0.4 is 10.6 Å². The number of carbonyl (C=O) groups is 2. The van der Waals surface area contributed by atoms with E-state index in [1.807, 2.05) is 37.6 Å². The molecule has 1 atom stereocenters. The molecule has 0 aliphatic carbocycles. The number of carbonyl (C=O) groups excluding carboxylic acids is 2. The fraction of sp³-hybridized carbons (Fsp3) is 0.636. The molecular formula is C22H36N6O4Si. The van der Waals surface area contributed by atoms with Crippen molar-refractivity contribution in [1.29, 1.82) is 0 Å². The number of likely N-dealkylation sites (tertiary alicyclic amines) is 1. The molecule has 3 rings (SSSR count). The largest absolute Gasteiger partial charge is 0.444 e. The van der Waals surface area contributed by atoms with Crippen LogP contribution in [0.1, 0.15) is 27.2 Å². The number of hydrogen-bond acceptors (Lipinski definition) is 6. The van der Waals surface area contributed by atoms with Crippen molar-refractivity contribution in [3.63, 3.8) is 0 Å². The summed E-state index contributed by atoms with van der Waals surface area (Å²) in [5, 5.41) is 5.61. The van der Waals surface area contributed by atoms with Crippen molar-refractivity contribution >= 4 is 37.2 Å². The van der Waals surface area contributed by atoms with E-state index in [9.17, 15) is 9.59 Å². The molecule has 0 saturated carbocycles. The number of fused-ring (bicyclic) bond motifs is 1. The second-order valence-corrected chi connectivity index (χ2v) is 16.2. The highest BCUT2D eigenvalue weighted by molar-refractivity contribution is 6.76. The Labute approximate surface area is 196 Å². The minimum absolute atomic E-state index is 0.149. The molecule has 1 fully saturated rings. The predicted octanol–water partition coefficient (Wildman–Crippen LogP) is 3.87. The lowest BCUT2D eigenvalue weighted by Crippen LogP contribution is -2.41. The number of hydrogen-bond donors (Lipinski definition) is 2. The Morgan fingerprint density at radius 1 is 1.27 bits per heavy atom. The van der Waals surface area contributed by atoms with E-state index in [4.69, 9.17) is 9.47 Å². The van der Waals surface area contributed by atoms with E-state index in [2.05, 4.69) is 40.2 Å². The first-order valence-electron chi connectivity index (χ1n) is 11.3. The van der Waals surface area contributed by atoms with Gasteiger partial charge in [0.15, 0.2) is 11.5 Å². The minimum atomic E-state index is -1.12. The highest BCUT2D eigenvalue weighted by Gasteiger charge is 2.30. The Kier molecular flexibility index (Phi) is 7.63. The fourth-order valence-corrected chi connectivity index (χ4v) is 4.13. The van der Waals surface area contributed by atoms with Gasteiger partial charge in [-0.25, -0.2) is 19.6 Å². The molecule has 3 heterocycles. The molecule has 0 bridgehead atoms. The number of rotatable bonds is 7. The number of aromatic nitrogens is 3. The van der Waals surface area contributed by atoms with E-state index < -0.39 is 13.7 Å². The Bertz CT molecular complexity index is 981. The number of urea groups is 1. The van der Waals surface area contributed by atoms with Gasteiger partial charge >= 0.3 is 12.1 Å². The third kappa shape index (κ3) is 7.71. The first-order chi connectivity index (χ1) is 15.4. The van der Waals surface area contributed by atoms with Crippen LogP contribution in [0.3, 0.4) is 0 Å². The average Bonchev–Trinajstić information content (AvgIpc) is 3.30. The molecular weight excluding hydrogens is 440 g/mol. The van der Waals surface area contributed by atoms with Gasteiger partial charge in [0.2, 0.25) is 0 Å². The van der Waals surface area contributed by atoms with E-state index in [1.54, 1.807) is 4.90 Å². The molecule has 1 saturated heterocycles. The summed E-state index contributed by atoms with van der Waals surface area (Å²) >= 11 is 0. The number of amides is 3. The third-order valence-corrected chi connectivity index (χ3v) is 6.81. The van der Waals surface area contributed by atoms with Crippen LogP contribution in [0, 0.1) is 0 Å². The number of nitrogens with one attached hydrogen (secondary N) is 2. The van der Waals surface area contributed by atoms with Gasteiger partial charge in [-0.2, -0.15) is 0 Å². The molecule has 33 heavy (non-hydrogen) atoms. The highest BCUT2D eigenvalue weighted by Crippen LogP contribution is 2.17. The lowest BCUT2D eigenvalue weighted by atomic mass is 10.2. The van der Waals surface area contributed by atoms with Crippen LogP contribution in [0.2, 0.25) is 25.7 Å². The summed E-state index contributed by atoms with van der Waals surface area (Å²) in [4.78, 5) is 35.1. The van der Waals surface area contributed by atoms with Crippen molar-refractivity contribution in [3.05, 3.63) is 18.5 Å². The second kappa shape index (κ2) is 10.1. The predicted molar refractivity (Wildman–Crippen MR) is 130 cm³/mol. The first kappa shape index (κ1) is 25.0. The SMILES string of the molecule is CC(C)(C)OC(=O)N1CCC(NC(=O)Nc2cnc3c(ccn3COCC[Si](C)(C)C)n2)C1. The second-order valence-electron chi connectivity index (χ2n) is 10.6. The van der Waals surface area contributed by atoms with Crippen LogP contribution >= 0.6 is 0 Å². The lowest BCUT2D eigenvalue weighted by molar-refractivity contribution is 0.0291. The van der Waals surface area contributed by atoms with Gasteiger partial charge in [0, 0.05) is 40.0 Å². The van der Waals surface area contributed by atoms with Crippen molar-refractivity contribution in [2.24, 2.45) is 0 Å². The van der Waals surface area contributed by atoms with E-state index in [1.165, 1.54) is 6.20 Å². The van der Waals surface area contributed by atoms with Gasteiger partial charge in [-0.15, -0.1) is 0 Å². The summed E-state index contributed by atoms with van der Waals surface area (Å²) in [5.41, 5.74) is 0.840. The molecule has 0 aromatic carbocycles. The van der Waals surface area contributed by atoms with Crippen LogP contribution in [0.5, 0.6) is 0 Å². The van der Waals surface area contributed by atoms with Crippen molar-refractivity contribution < 1.29 is 19.1 Å². The Morgan fingerprint density at radius 3 is 2.73 bits per heavy atom. The van der Waals surface area contributed by atoms with Gasteiger partial charge in [0.1, 0.15) is 17.8 Å². The molecule has 1 aliphatic heterocycles. The standard InChI is InChI=1S/C22H36N6O4Si/c1-22(2,3)32-21(30)27-9-7-16(14-27)24-20(29)26-18-13-23-19-17(25-18)8-10-28(19)15-31-11-12-33(4,5)6/h8,10,13,16H,7,9,11-12,14-15H2,1-6H3,(H2,24,25,26,29). The highest BCUT2D eigenvalue weighted by atomic mass is 28.3. The number of ether oxygens (including phenoxy) is 2. The molecule has 1 unspecified atom stereocenters. The van der Waals surface area contributed by atoms with Crippen molar-refractivity contribution in [2.45, 2.75) is 71.3 Å². The van der Waals surface area contributed by atoms with Crippen molar-refractivity contribution in [2.75, 3.05) is 25.0 Å².